The Balaban J connectivity index is 2.11. The Bertz CT molecular complexity index is 794. The second-order valence-electron chi connectivity index (χ2n) is 7.07. The summed E-state index contributed by atoms with van der Waals surface area (Å²) in [6.07, 6.45) is 1.95. The largest absolute Gasteiger partial charge is 0.444 e. The fraction of sp³-hybridized carbons (Fsp3) is 0.444. The van der Waals surface area contributed by atoms with Crippen LogP contribution in [0.5, 0.6) is 0 Å². The highest BCUT2D eigenvalue weighted by Crippen LogP contribution is 2.22. The molecule has 0 aromatic heterocycles. The van der Waals surface area contributed by atoms with Crippen LogP contribution in [-0.2, 0) is 19.6 Å². The molecule has 1 aromatic carbocycles. The fourth-order valence-electron chi connectivity index (χ4n) is 2.62. The molecule has 1 aliphatic heterocycles. The lowest BCUT2D eigenvalue weighted by Crippen LogP contribution is -2.48. The van der Waals surface area contributed by atoms with E-state index in [2.05, 4.69) is 11.3 Å². The Kier molecular flexibility index (Phi) is 5.75. The number of ether oxygens (including phenoxy) is 1. The minimum atomic E-state index is -4.02. The number of likely N-dealkylation sites (tertiary alicyclic amines) is 1. The number of hydrogen-bond donors (Lipinski definition) is 1. The fourth-order valence-corrected chi connectivity index (χ4v) is 3.63. The monoisotopic (exact) mass is 380 g/mol. The number of nitrogens with one attached hydrogen (secondary N) is 1. The van der Waals surface area contributed by atoms with Crippen molar-refractivity contribution in [1.82, 2.24) is 9.62 Å². The van der Waals surface area contributed by atoms with E-state index in [9.17, 15) is 18.0 Å². The zero-order valence-electron chi connectivity index (χ0n) is 15.2. The molecule has 0 radical (unpaired) electrons. The number of carbonyl (C=O) groups excluding carboxylic acids is 2. The maximum atomic E-state index is 12.5. The molecule has 1 saturated heterocycles. The standard InChI is InChI=1S/C18H24N2O5S/c1-5-13-8-10-14(11-9-13)26(23,24)19-16(21)15-7-6-12-20(15)17(22)25-18(2,3)4/h5,8-11,15H,1,6-7,12H2,2-4H3,(H,19,21)/t15-/m0/s1. The number of rotatable bonds is 4. The van der Waals surface area contributed by atoms with Crippen LogP contribution in [0.1, 0.15) is 39.2 Å². The Labute approximate surface area is 154 Å². The van der Waals surface area contributed by atoms with Crippen molar-refractivity contribution in [2.75, 3.05) is 6.54 Å². The molecule has 0 bridgehead atoms. The van der Waals surface area contributed by atoms with Crippen LogP contribution in [-0.4, -0.2) is 43.5 Å². The second-order valence-corrected chi connectivity index (χ2v) is 8.76. The normalized spacial score (nSPS) is 17.7. The van der Waals surface area contributed by atoms with Gasteiger partial charge in [-0.05, 0) is 51.3 Å². The van der Waals surface area contributed by atoms with E-state index in [1.807, 2.05) is 0 Å². The third-order valence-corrected chi connectivity index (χ3v) is 5.21. The van der Waals surface area contributed by atoms with Crippen LogP contribution in [0.3, 0.4) is 0 Å². The molecule has 7 nitrogen and oxygen atoms in total. The topological polar surface area (TPSA) is 92.8 Å². The van der Waals surface area contributed by atoms with Crippen LogP contribution >= 0.6 is 0 Å². The van der Waals surface area contributed by atoms with E-state index in [0.29, 0.717) is 19.4 Å². The minimum absolute atomic E-state index is 0.0294. The average molecular weight is 380 g/mol. The molecule has 1 heterocycles. The zero-order chi connectivity index (χ0) is 19.5. The predicted octanol–water partition coefficient (Wildman–Crippen LogP) is 2.53. The summed E-state index contributed by atoms with van der Waals surface area (Å²) in [4.78, 5) is 26.0. The SMILES string of the molecule is C=Cc1ccc(S(=O)(=O)NC(=O)[C@@H]2CCCN2C(=O)OC(C)(C)C)cc1. The molecule has 2 amide bonds. The summed E-state index contributed by atoms with van der Waals surface area (Å²) in [5.74, 6) is -0.735. The van der Waals surface area contributed by atoms with Crippen LogP contribution < -0.4 is 4.72 Å². The number of amides is 2. The van der Waals surface area contributed by atoms with Gasteiger partial charge < -0.3 is 4.74 Å². The van der Waals surface area contributed by atoms with Gasteiger partial charge in [0.1, 0.15) is 11.6 Å². The highest BCUT2D eigenvalue weighted by Gasteiger charge is 2.38. The van der Waals surface area contributed by atoms with Gasteiger partial charge in [-0.15, -0.1) is 0 Å². The molecule has 142 valence electrons. The first-order valence-electron chi connectivity index (χ1n) is 8.32. The van der Waals surface area contributed by atoms with Crippen molar-refractivity contribution in [3.63, 3.8) is 0 Å². The molecule has 1 aliphatic rings. The average Bonchev–Trinajstić information content (AvgIpc) is 3.03. The van der Waals surface area contributed by atoms with Crippen LogP contribution in [0.25, 0.3) is 6.08 Å². The van der Waals surface area contributed by atoms with Crippen LogP contribution in [0, 0.1) is 0 Å². The number of sulfonamides is 1. The summed E-state index contributed by atoms with van der Waals surface area (Å²) in [5.41, 5.74) is 0.0711. The van der Waals surface area contributed by atoms with E-state index in [-0.39, 0.29) is 4.90 Å². The maximum Gasteiger partial charge on any atom is 0.410 e. The lowest BCUT2D eigenvalue weighted by molar-refractivity contribution is -0.123. The van der Waals surface area contributed by atoms with E-state index in [4.69, 9.17) is 4.74 Å². The van der Waals surface area contributed by atoms with Gasteiger partial charge in [0, 0.05) is 6.54 Å². The smallest absolute Gasteiger partial charge is 0.410 e. The molecule has 0 unspecified atom stereocenters. The zero-order valence-corrected chi connectivity index (χ0v) is 16.0. The number of nitrogens with zero attached hydrogens (tertiary/aromatic N) is 1. The number of benzene rings is 1. The van der Waals surface area contributed by atoms with Gasteiger partial charge in [-0.25, -0.2) is 17.9 Å². The lowest BCUT2D eigenvalue weighted by Gasteiger charge is -2.27. The summed E-state index contributed by atoms with van der Waals surface area (Å²) in [5, 5.41) is 0. The van der Waals surface area contributed by atoms with Crippen molar-refractivity contribution in [2.45, 2.75) is 50.2 Å². The van der Waals surface area contributed by atoms with Crippen molar-refractivity contribution in [1.29, 1.82) is 0 Å². The van der Waals surface area contributed by atoms with Crippen molar-refractivity contribution >= 4 is 28.1 Å². The van der Waals surface area contributed by atoms with Gasteiger partial charge in [-0.1, -0.05) is 24.8 Å². The summed E-state index contributed by atoms with van der Waals surface area (Å²) in [6.45, 7) is 9.14. The Morgan fingerprint density at radius 2 is 1.88 bits per heavy atom. The highest BCUT2D eigenvalue weighted by atomic mass is 32.2. The molecule has 0 spiro atoms. The van der Waals surface area contributed by atoms with Crippen molar-refractivity contribution in [3.8, 4) is 0 Å². The molecule has 1 N–H and O–H groups in total. The van der Waals surface area contributed by atoms with Crippen LogP contribution in [0.4, 0.5) is 4.79 Å². The quantitative estimate of drug-likeness (QED) is 0.866. The van der Waals surface area contributed by atoms with Crippen LogP contribution in [0.2, 0.25) is 0 Å². The first-order chi connectivity index (χ1) is 12.0. The van der Waals surface area contributed by atoms with Gasteiger partial charge in [0.25, 0.3) is 15.9 Å². The Morgan fingerprint density at radius 1 is 1.27 bits per heavy atom. The Hall–Kier alpha value is -2.35. The molecule has 0 saturated carbocycles. The summed E-state index contributed by atoms with van der Waals surface area (Å²) < 4.78 is 32.2. The van der Waals surface area contributed by atoms with Gasteiger partial charge >= 0.3 is 6.09 Å². The summed E-state index contributed by atoms with van der Waals surface area (Å²) in [7, 11) is -4.02. The van der Waals surface area contributed by atoms with Gasteiger partial charge in [0.15, 0.2) is 0 Å². The predicted molar refractivity (Wildman–Crippen MR) is 97.8 cm³/mol. The molecule has 2 rings (SSSR count). The third kappa shape index (κ3) is 4.85. The Morgan fingerprint density at radius 3 is 2.42 bits per heavy atom. The van der Waals surface area contributed by atoms with Crippen LogP contribution in [0.15, 0.2) is 35.7 Å². The maximum absolute atomic E-state index is 12.5. The van der Waals surface area contributed by atoms with Gasteiger partial charge in [0.05, 0.1) is 4.90 Å². The van der Waals surface area contributed by atoms with Crippen molar-refractivity contribution < 1.29 is 22.7 Å². The van der Waals surface area contributed by atoms with E-state index in [1.54, 1.807) is 39.0 Å². The third-order valence-electron chi connectivity index (χ3n) is 3.84. The molecule has 0 aliphatic carbocycles. The minimum Gasteiger partial charge on any atom is -0.444 e. The molecule has 1 aromatic rings. The summed E-state index contributed by atoms with van der Waals surface area (Å²) >= 11 is 0. The highest BCUT2D eigenvalue weighted by molar-refractivity contribution is 7.90. The molecule has 1 atom stereocenters. The van der Waals surface area contributed by atoms with E-state index in [1.165, 1.54) is 17.0 Å². The summed E-state index contributed by atoms with van der Waals surface area (Å²) in [6, 6.07) is 5.11. The van der Waals surface area contributed by atoms with Crippen molar-refractivity contribution in [2.24, 2.45) is 0 Å². The number of hydrogen-bond acceptors (Lipinski definition) is 5. The first-order valence-corrected chi connectivity index (χ1v) is 9.80. The van der Waals surface area contributed by atoms with Gasteiger partial charge in [-0.3, -0.25) is 9.69 Å². The number of carbonyl (C=O) groups is 2. The second kappa shape index (κ2) is 7.49. The molecule has 8 heteroatoms. The van der Waals surface area contributed by atoms with E-state index >= 15 is 0 Å². The first kappa shape index (κ1) is 20.0. The van der Waals surface area contributed by atoms with Gasteiger partial charge in [-0.2, -0.15) is 0 Å². The van der Waals surface area contributed by atoms with Gasteiger partial charge in [0.2, 0.25) is 0 Å². The lowest BCUT2D eigenvalue weighted by atomic mass is 10.2. The molecular weight excluding hydrogens is 356 g/mol. The van der Waals surface area contributed by atoms with E-state index in [0.717, 1.165) is 5.56 Å². The molecule has 1 fully saturated rings. The van der Waals surface area contributed by atoms with Crippen molar-refractivity contribution in [3.05, 3.63) is 36.4 Å². The van der Waals surface area contributed by atoms with E-state index < -0.39 is 33.7 Å². The molecule has 26 heavy (non-hydrogen) atoms. The molecular formula is C18H24N2O5S.